The van der Waals surface area contributed by atoms with Gasteiger partial charge < -0.3 is 4.98 Å². The van der Waals surface area contributed by atoms with Crippen molar-refractivity contribution < 1.29 is 8.42 Å². The largest absolute Gasteiger partial charge is 0.326 e. The first-order chi connectivity index (χ1) is 11.4. The zero-order chi connectivity index (χ0) is 17.3. The summed E-state index contributed by atoms with van der Waals surface area (Å²) in [7, 11) is -3.65. The molecule has 0 unspecified atom stereocenters. The van der Waals surface area contributed by atoms with Gasteiger partial charge in [-0.3, -0.25) is 4.57 Å². The first-order valence-corrected chi connectivity index (χ1v) is 9.18. The number of nitrogens with zero attached hydrogens (tertiary/aromatic N) is 1. The Morgan fingerprint density at radius 2 is 1.96 bits per heavy atom. The minimum atomic E-state index is -3.65. The molecule has 0 atom stereocenters. The van der Waals surface area contributed by atoms with Gasteiger partial charge in [-0.2, -0.15) is 0 Å². The predicted octanol–water partition coefficient (Wildman–Crippen LogP) is 2.27. The quantitative estimate of drug-likeness (QED) is 0.727. The van der Waals surface area contributed by atoms with E-state index in [1.54, 1.807) is 19.1 Å². The van der Waals surface area contributed by atoms with Crippen LogP contribution in [0.3, 0.4) is 0 Å². The summed E-state index contributed by atoms with van der Waals surface area (Å²) in [5.41, 5.74) is 1.88. The first-order valence-electron chi connectivity index (χ1n) is 7.32. The minimum absolute atomic E-state index is 0.103. The molecule has 3 aromatic rings. The third-order valence-electron chi connectivity index (χ3n) is 3.75. The highest BCUT2D eigenvalue weighted by molar-refractivity contribution is 7.89. The van der Waals surface area contributed by atoms with Crippen LogP contribution >= 0.6 is 11.6 Å². The van der Waals surface area contributed by atoms with Crippen LogP contribution in [0.1, 0.15) is 5.56 Å². The Hall–Kier alpha value is -2.09. The maximum Gasteiger partial charge on any atom is 0.326 e. The Balaban J connectivity index is 1.76. The molecule has 0 amide bonds. The molecule has 0 spiro atoms. The van der Waals surface area contributed by atoms with E-state index in [4.69, 9.17) is 11.6 Å². The summed E-state index contributed by atoms with van der Waals surface area (Å²) < 4.78 is 28.7. The monoisotopic (exact) mass is 365 g/mol. The SMILES string of the molecule is Cc1cc(S(=O)(=O)NCCn2c(=O)[nH]c3ccccc32)ccc1Cl. The smallest absolute Gasteiger partial charge is 0.306 e. The Labute approximate surface area is 144 Å². The molecule has 0 fully saturated rings. The van der Waals surface area contributed by atoms with Crippen molar-refractivity contribution in [1.29, 1.82) is 0 Å². The second-order valence-electron chi connectivity index (χ2n) is 5.41. The lowest BCUT2D eigenvalue weighted by Gasteiger charge is -2.09. The van der Waals surface area contributed by atoms with Gasteiger partial charge in [0.2, 0.25) is 10.0 Å². The first kappa shape index (κ1) is 16.8. The summed E-state index contributed by atoms with van der Waals surface area (Å²) in [5.74, 6) is 0. The van der Waals surface area contributed by atoms with Gasteiger partial charge in [0.15, 0.2) is 0 Å². The average Bonchev–Trinajstić information content (AvgIpc) is 2.86. The van der Waals surface area contributed by atoms with Gasteiger partial charge in [0.25, 0.3) is 0 Å². The molecule has 3 rings (SSSR count). The number of aryl methyl sites for hydroxylation is 1. The molecule has 1 aromatic heterocycles. The topological polar surface area (TPSA) is 84.0 Å². The van der Waals surface area contributed by atoms with Crippen LogP contribution in [0.25, 0.3) is 11.0 Å². The normalized spacial score (nSPS) is 11.9. The van der Waals surface area contributed by atoms with E-state index in [2.05, 4.69) is 9.71 Å². The molecule has 0 radical (unpaired) electrons. The zero-order valence-corrected chi connectivity index (χ0v) is 14.5. The lowest BCUT2D eigenvalue weighted by atomic mass is 10.2. The summed E-state index contributed by atoms with van der Waals surface area (Å²) in [6.45, 7) is 2.08. The van der Waals surface area contributed by atoms with Gasteiger partial charge >= 0.3 is 5.69 Å². The van der Waals surface area contributed by atoms with E-state index in [1.165, 1.54) is 16.7 Å². The number of hydrogen-bond acceptors (Lipinski definition) is 3. The van der Waals surface area contributed by atoms with Crippen LogP contribution in [0, 0.1) is 6.92 Å². The number of aromatic amines is 1. The number of hydrogen-bond donors (Lipinski definition) is 2. The van der Waals surface area contributed by atoms with Crippen LogP contribution < -0.4 is 10.4 Å². The molecule has 0 bridgehead atoms. The van der Waals surface area contributed by atoms with Crippen LogP contribution in [0.5, 0.6) is 0 Å². The van der Waals surface area contributed by atoms with Crippen molar-refractivity contribution in [3.63, 3.8) is 0 Å². The Morgan fingerprint density at radius 3 is 2.71 bits per heavy atom. The van der Waals surface area contributed by atoms with Crippen molar-refractivity contribution >= 4 is 32.7 Å². The lowest BCUT2D eigenvalue weighted by Crippen LogP contribution is -2.30. The third kappa shape index (κ3) is 3.24. The van der Waals surface area contributed by atoms with Crippen molar-refractivity contribution in [1.82, 2.24) is 14.3 Å². The maximum absolute atomic E-state index is 12.3. The molecule has 0 saturated heterocycles. The summed E-state index contributed by atoms with van der Waals surface area (Å²) in [6.07, 6.45) is 0. The van der Waals surface area contributed by atoms with Gasteiger partial charge in [-0.25, -0.2) is 17.9 Å². The molecule has 24 heavy (non-hydrogen) atoms. The van der Waals surface area contributed by atoms with Crippen molar-refractivity contribution in [2.45, 2.75) is 18.4 Å². The van der Waals surface area contributed by atoms with E-state index in [0.717, 1.165) is 11.0 Å². The molecular weight excluding hydrogens is 350 g/mol. The van der Waals surface area contributed by atoms with E-state index in [1.807, 2.05) is 18.2 Å². The number of halogens is 1. The van der Waals surface area contributed by atoms with Gasteiger partial charge in [-0.15, -0.1) is 0 Å². The Morgan fingerprint density at radius 1 is 1.21 bits per heavy atom. The molecule has 0 aliphatic carbocycles. The molecule has 2 aromatic carbocycles. The summed E-state index contributed by atoms with van der Waals surface area (Å²) in [5, 5.41) is 0.513. The van der Waals surface area contributed by atoms with Crippen molar-refractivity contribution in [3.05, 3.63) is 63.5 Å². The Kier molecular flexibility index (Phi) is 4.49. The second kappa shape index (κ2) is 6.43. The standard InChI is InChI=1S/C16H16ClN3O3S/c1-11-10-12(6-7-13(11)17)24(22,23)18-8-9-20-15-5-3-2-4-14(15)19-16(20)21/h2-7,10,18H,8-9H2,1H3,(H,19,21). The summed E-state index contributed by atoms with van der Waals surface area (Å²) in [4.78, 5) is 14.8. The molecule has 8 heteroatoms. The number of H-pyrrole nitrogens is 1. The Bertz CT molecular complexity index is 1050. The number of imidazole rings is 1. The number of nitrogens with one attached hydrogen (secondary N) is 2. The zero-order valence-electron chi connectivity index (χ0n) is 12.9. The minimum Gasteiger partial charge on any atom is -0.306 e. The van der Waals surface area contributed by atoms with Crippen LogP contribution in [0.4, 0.5) is 0 Å². The molecule has 6 nitrogen and oxygen atoms in total. The average molecular weight is 366 g/mol. The number of aromatic nitrogens is 2. The number of rotatable bonds is 5. The number of benzene rings is 2. The second-order valence-corrected chi connectivity index (χ2v) is 7.58. The number of para-hydroxylation sites is 2. The number of sulfonamides is 1. The molecule has 1 heterocycles. The van der Waals surface area contributed by atoms with Gasteiger partial charge in [0.05, 0.1) is 15.9 Å². The molecule has 2 N–H and O–H groups in total. The van der Waals surface area contributed by atoms with Crippen LogP contribution in [-0.4, -0.2) is 24.5 Å². The molecular formula is C16H16ClN3O3S. The fourth-order valence-corrected chi connectivity index (χ4v) is 3.71. The fourth-order valence-electron chi connectivity index (χ4n) is 2.49. The van der Waals surface area contributed by atoms with Crippen molar-refractivity contribution in [3.8, 4) is 0 Å². The molecule has 0 aliphatic heterocycles. The molecule has 0 saturated carbocycles. The highest BCUT2D eigenvalue weighted by Crippen LogP contribution is 2.19. The maximum atomic E-state index is 12.3. The predicted molar refractivity (Wildman–Crippen MR) is 93.9 cm³/mol. The van der Waals surface area contributed by atoms with E-state index in [-0.39, 0.29) is 23.7 Å². The van der Waals surface area contributed by atoms with Gasteiger partial charge in [-0.05, 0) is 42.8 Å². The van der Waals surface area contributed by atoms with Crippen LogP contribution in [0.2, 0.25) is 5.02 Å². The lowest BCUT2D eigenvalue weighted by molar-refractivity contribution is 0.572. The summed E-state index contributed by atoms with van der Waals surface area (Å²) >= 11 is 5.92. The highest BCUT2D eigenvalue weighted by atomic mass is 35.5. The van der Waals surface area contributed by atoms with Gasteiger partial charge in [-0.1, -0.05) is 23.7 Å². The van der Waals surface area contributed by atoms with Crippen LogP contribution in [-0.2, 0) is 16.6 Å². The van der Waals surface area contributed by atoms with Crippen LogP contribution in [0.15, 0.2) is 52.2 Å². The van der Waals surface area contributed by atoms with E-state index >= 15 is 0 Å². The fraction of sp³-hybridized carbons (Fsp3) is 0.188. The molecule has 0 aliphatic rings. The third-order valence-corrected chi connectivity index (χ3v) is 5.63. The highest BCUT2D eigenvalue weighted by Gasteiger charge is 2.15. The molecule has 126 valence electrons. The van der Waals surface area contributed by atoms with Gasteiger partial charge in [0.1, 0.15) is 0 Å². The van der Waals surface area contributed by atoms with Crippen molar-refractivity contribution in [2.75, 3.05) is 6.54 Å². The number of fused-ring (bicyclic) bond motifs is 1. The summed E-state index contributed by atoms with van der Waals surface area (Å²) in [6, 6.07) is 11.8. The van der Waals surface area contributed by atoms with Gasteiger partial charge in [0, 0.05) is 18.1 Å². The van der Waals surface area contributed by atoms with E-state index < -0.39 is 10.0 Å². The van der Waals surface area contributed by atoms with E-state index in [9.17, 15) is 13.2 Å². The van der Waals surface area contributed by atoms with Crippen molar-refractivity contribution in [2.24, 2.45) is 0 Å². The van der Waals surface area contributed by atoms with E-state index in [0.29, 0.717) is 10.6 Å².